The Morgan fingerprint density at radius 2 is 2.10 bits per heavy atom. The van der Waals surface area contributed by atoms with Gasteiger partial charge in [-0.2, -0.15) is 0 Å². The zero-order valence-electron chi connectivity index (χ0n) is 6.08. The van der Waals surface area contributed by atoms with E-state index in [2.05, 4.69) is 10.2 Å². The zero-order chi connectivity index (χ0) is 6.97. The summed E-state index contributed by atoms with van der Waals surface area (Å²) in [6, 6.07) is 0.411. The predicted octanol–water partition coefficient (Wildman–Crippen LogP) is -0.975. The number of rotatable bonds is 1. The molecule has 10 heavy (non-hydrogen) atoms. The molecule has 2 N–H and O–H groups in total. The first-order valence-corrected chi connectivity index (χ1v) is 4.01. The zero-order valence-corrected chi connectivity index (χ0v) is 6.08. The highest BCUT2D eigenvalue weighted by atomic mass is 16.3. The average molecular weight is 142 g/mol. The van der Waals surface area contributed by atoms with E-state index in [1.54, 1.807) is 0 Å². The van der Waals surface area contributed by atoms with Crippen LogP contribution >= 0.6 is 0 Å². The van der Waals surface area contributed by atoms with Crippen molar-refractivity contribution in [1.82, 2.24) is 10.2 Å². The lowest BCUT2D eigenvalue weighted by Crippen LogP contribution is -2.50. The van der Waals surface area contributed by atoms with Crippen molar-refractivity contribution in [3.8, 4) is 0 Å². The summed E-state index contributed by atoms with van der Waals surface area (Å²) in [5, 5.41) is 12.6. The molecule has 2 saturated heterocycles. The van der Waals surface area contributed by atoms with E-state index < -0.39 is 0 Å². The first-order chi connectivity index (χ1) is 4.88. The second-order valence-electron chi connectivity index (χ2n) is 3.18. The van der Waals surface area contributed by atoms with Gasteiger partial charge in [-0.15, -0.1) is 0 Å². The average Bonchev–Trinajstić information content (AvgIpc) is 2.12. The number of likely N-dealkylation sites (tertiary alicyclic amines) is 1. The Bertz CT molecular complexity index is 125. The molecule has 2 heterocycles. The molecule has 0 aliphatic carbocycles. The summed E-state index contributed by atoms with van der Waals surface area (Å²) in [7, 11) is 0. The van der Waals surface area contributed by atoms with Crippen LogP contribution in [0.5, 0.6) is 0 Å². The Morgan fingerprint density at radius 1 is 1.30 bits per heavy atom. The van der Waals surface area contributed by atoms with E-state index in [1.165, 1.54) is 19.5 Å². The van der Waals surface area contributed by atoms with Crippen LogP contribution in [-0.4, -0.2) is 48.3 Å². The fourth-order valence-electron chi connectivity index (χ4n) is 1.70. The SMILES string of the molecule is O[C@@H]1CNC[C@H]1N1CCC1. The van der Waals surface area contributed by atoms with Gasteiger partial charge >= 0.3 is 0 Å². The Kier molecular flexibility index (Phi) is 1.64. The third-order valence-corrected chi connectivity index (χ3v) is 2.51. The number of nitrogens with zero attached hydrogens (tertiary/aromatic N) is 1. The summed E-state index contributed by atoms with van der Waals surface area (Å²) in [6.45, 7) is 4.12. The van der Waals surface area contributed by atoms with Crippen molar-refractivity contribution in [3.63, 3.8) is 0 Å². The predicted molar refractivity (Wildman–Crippen MR) is 38.9 cm³/mol. The van der Waals surface area contributed by atoms with E-state index in [1.807, 2.05) is 0 Å². The maximum Gasteiger partial charge on any atom is 0.0831 e. The van der Waals surface area contributed by atoms with Crippen molar-refractivity contribution in [1.29, 1.82) is 0 Å². The normalized spacial score (nSPS) is 41.7. The van der Waals surface area contributed by atoms with E-state index in [0.717, 1.165) is 13.1 Å². The van der Waals surface area contributed by atoms with Gasteiger partial charge in [0.05, 0.1) is 6.10 Å². The van der Waals surface area contributed by atoms with Crippen LogP contribution in [0, 0.1) is 0 Å². The van der Waals surface area contributed by atoms with Crippen LogP contribution in [0.2, 0.25) is 0 Å². The monoisotopic (exact) mass is 142 g/mol. The summed E-state index contributed by atoms with van der Waals surface area (Å²) < 4.78 is 0. The van der Waals surface area contributed by atoms with Crippen LogP contribution < -0.4 is 5.32 Å². The molecule has 0 amide bonds. The number of hydrogen-bond acceptors (Lipinski definition) is 3. The van der Waals surface area contributed by atoms with E-state index in [9.17, 15) is 5.11 Å². The number of aliphatic hydroxyl groups excluding tert-OH is 1. The molecule has 0 aromatic carbocycles. The van der Waals surface area contributed by atoms with Gasteiger partial charge in [0, 0.05) is 19.1 Å². The minimum absolute atomic E-state index is 0.125. The summed E-state index contributed by atoms with van der Waals surface area (Å²) >= 11 is 0. The Balaban J connectivity index is 1.90. The van der Waals surface area contributed by atoms with Crippen molar-refractivity contribution >= 4 is 0 Å². The van der Waals surface area contributed by atoms with E-state index in [0.29, 0.717) is 6.04 Å². The van der Waals surface area contributed by atoms with Gasteiger partial charge in [0.2, 0.25) is 0 Å². The van der Waals surface area contributed by atoms with Gasteiger partial charge in [0.25, 0.3) is 0 Å². The van der Waals surface area contributed by atoms with E-state index >= 15 is 0 Å². The highest BCUT2D eigenvalue weighted by Crippen LogP contribution is 2.15. The van der Waals surface area contributed by atoms with Crippen molar-refractivity contribution in [2.75, 3.05) is 26.2 Å². The summed E-state index contributed by atoms with van der Waals surface area (Å²) in [6.07, 6.45) is 1.18. The molecule has 0 unspecified atom stereocenters. The van der Waals surface area contributed by atoms with Crippen molar-refractivity contribution in [3.05, 3.63) is 0 Å². The summed E-state index contributed by atoms with van der Waals surface area (Å²) in [4.78, 5) is 2.35. The van der Waals surface area contributed by atoms with Crippen molar-refractivity contribution < 1.29 is 5.11 Å². The standard InChI is InChI=1S/C7H14N2O/c10-7-5-8-4-6(7)9-2-1-3-9/h6-8,10H,1-5H2/t6-,7-/m1/s1. The Hall–Kier alpha value is -0.120. The molecule has 3 heteroatoms. The largest absolute Gasteiger partial charge is 0.390 e. The van der Waals surface area contributed by atoms with Gasteiger partial charge in [-0.1, -0.05) is 0 Å². The molecule has 3 nitrogen and oxygen atoms in total. The smallest absolute Gasteiger partial charge is 0.0831 e. The summed E-state index contributed by atoms with van der Waals surface area (Å²) in [5.74, 6) is 0. The fraction of sp³-hybridized carbons (Fsp3) is 1.00. The lowest BCUT2D eigenvalue weighted by atomic mass is 10.1. The van der Waals surface area contributed by atoms with Gasteiger partial charge in [-0.3, -0.25) is 4.90 Å². The maximum atomic E-state index is 9.42. The van der Waals surface area contributed by atoms with Crippen LogP contribution in [0.3, 0.4) is 0 Å². The third kappa shape index (κ3) is 0.944. The highest BCUT2D eigenvalue weighted by molar-refractivity contribution is 4.91. The van der Waals surface area contributed by atoms with Crippen LogP contribution in [0.4, 0.5) is 0 Å². The second-order valence-corrected chi connectivity index (χ2v) is 3.18. The molecule has 2 rings (SSSR count). The lowest BCUT2D eigenvalue weighted by molar-refractivity contribution is 0.0452. The fourth-order valence-corrected chi connectivity index (χ4v) is 1.70. The molecule has 0 radical (unpaired) electrons. The molecular formula is C7H14N2O. The Morgan fingerprint density at radius 3 is 2.50 bits per heavy atom. The molecule has 2 aliphatic rings. The number of aliphatic hydroxyl groups is 1. The molecule has 2 atom stereocenters. The first kappa shape index (κ1) is 6.58. The van der Waals surface area contributed by atoms with Crippen molar-refractivity contribution in [2.45, 2.75) is 18.6 Å². The topological polar surface area (TPSA) is 35.5 Å². The van der Waals surface area contributed by atoms with Gasteiger partial charge in [-0.05, 0) is 19.5 Å². The molecule has 0 bridgehead atoms. The van der Waals surface area contributed by atoms with Gasteiger partial charge < -0.3 is 10.4 Å². The van der Waals surface area contributed by atoms with Crippen LogP contribution in [-0.2, 0) is 0 Å². The highest BCUT2D eigenvalue weighted by Gasteiger charge is 2.32. The van der Waals surface area contributed by atoms with Crippen LogP contribution in [0.15, 0.2) is 0 Å². The quantitative estimate of drug-likeness (QED) is 0.494. The lowest BCUT2D eigenvalue weighted by Gasteiger charge is -2.37. The number of β-amino-alcohol motifs (C(OH)–C–C–N with tert-alkyl or cyclic N) is 1. The molecule has 58 valence electrons. The van der Waals surface area contributed by atoms with Gasteiger partial charge in [0.15, 0.2) is 0 Å². The minimum Gasteiger partial charge on any atom is -0.390 e. The van der Waals surface area contributed by atoms with Gasteiger partial charge in [-0.25, -0.2) is 0 Å². The molecule has 0 aromatic heterocycles. The number of nitrogens with one attached hydrogen (secondary N) is 1. The number of hydrogen-bond donors (Lipinski definition) is 2. The van der Waals surface area contributed by atoms with E-state index in [-0.39, 0.29) is 6.10 Å². The van der Waals surface area contributed by atoms with Crippen molar-refractivity contribution in [2.24, 2.45) is 0 Å². The third-order valence-electron chi connectivity index (χ3n) is 2.51. The molecule has 0 aromatic rings. The second kappa shape index (κ2) is 2.49. The van der Waals surface area contributed by atoms with E-state index in [4.69, 9.17) is 0 Å². The van der Waals surface area contributed by atoms with Crippen LogP contribution in [0.1, 0.15) is 6.42 Å². The molecule has 0 saturated carbocycles. The van der Waals surface area contributed by atoms with Crippen LogP contribution in [0.25, 0.3) is 0 Å². The first-order valence-electron chi connectivity index (χ1n) is 4.01. The molecular weight excluding hydrogens is 128 g/mol. The maximum absolute atomic E-state index is 9.42. The summed E-state index contributed by atoms with van der Waals surface area (Å²) in [5.41, 5.74) is 0. The minimum atomic E-state index is -0.125. The molecule has 0 spiro atoms. The molecule has 2 aliphatic heterocycles. The molecule has 2 fully saturated rings. The Labute approximate surface area is 61.0 Å². The van der Waals surface area contributed by atoms with Gasteiger partial charge in [0.1, 0.15) is 0 Å².